The van der Waals surface area contributed by atoms with Crippen LogP contribution in [-0.2, 0) is 16.9 Å². The summed E-state index contributed by atoms with van der Waals surface area (Å²) < 4.78 is 6.29. The highest BCUT2D eigenvalue weighted by molar-refractivity contribution is 5.37. The maximum atomic E-state index is 9.33. The first-order chi connectivity index (χ1) is 12.8. The van der Waals surface area contributed by atoms with Gasteiger partial charge in [0.15, 0.2) is 0 Å². The van der Waals surface area contributed by atoms with E-state index in [9.17, 15) is 5.26 Å². The number of methoxy groups -OCH3 is 1. The van der Waals surface area contributed by atoms with Gasteiger partial charge in [-0.25, -0.2) is 0 Å². The predicted molar refractivity (Wildman–Crippen MR) is 102 cm³/mol. The average molecular weight is 346 g/mol. The zero-order valence-electron chi connectivity index (χ0n) is 15.4. The molecule has 0 spiro atoms. The molecule has 134 valence electrons. The van der Waals surface area contributed by atoms with Gasteiger partial charge in [0.2, 0.25) is 0 Å². The summed E-state index contributed by atoms with van der Waals surface area (Å²) in [5.74, 6) is 0.940. The molecule has 1 heterocycles. The van der Waals surface area contributed by atoms with E-state index in [1.165, 1.54) is 30.4 Å². The minimum absolute atomic E-state index is 0.252. The molecule has 1 aliphatic carbocycles. The maximum absolute atomic E-state index is 9.33. The third-order valence-corrected chi connectivity index (χ3v) is 6.30. The highest BCUT2D eigenvalue weighted by Gasteiger charge is 2.53. The average Bonchev–Trinajstić information content (AvgIpc) is 2.68. The van der Waals surface area contributed by atoms with Crippen LogP contribution in [0.1, 0.15) is 36.0 Å². The van der Waals surface area contributed by atoms with Gasteiger partial charge in [0, 0.05) is 38.6 Å². The van der Waals surface area contributed by atoms with E-state index < -0.39 is 0 Å². The van der Waals surface area contributed by atoms with Gasteiger partial charge in [-0.3, -0.25) is 4.90 Å². The Bertz CT molecular complexity index is 781. The molecule has 2 bridgehead atoms. The Morgan fingerprint density at radius 2 is 1.81 bits per heavy atom. The van der Waals surface area contributed by atoms with Crippen LogP contribution in [0.25, 0.3) is 0 Å². The van der Waals surface area contributed by atoms with Crippen molar-refractivity contribution in [1.82, 2.24) is 4.90 Å². The molecule has 0 N–H and O–H groups in total. The molecule has 2 atom stereocenters. The van der Waals surface area contributed by atoms with E-state index in [1.807, 2.05) is 25.3 Å². The number of hydrogen-bond acceptors (Lipinski definition) is 3. The van der Waals surface area contributed by atoms with Crippen LogP contribution in [-0.4, -0.2) is 25.1 Å². The van der Waals surface area contributed by atoms with Crippen molar-refractivity contribution in [3.63, 3.8) is 0 Å². The molecule has 2 fully saturated rings. The summed E-state index contributed by atoms with van der Waals surface area (Å²) >= 11 is 0. The molecular formula is C23H26N2O. The molecule has 0 radical (unpaired) electrons. The van der Waals surface area contributed by atoms with E-state index in [2.05, 4.69) is 47.4 Å². The van der Waals surface area contributed by atoms with Gasteiger partial charge in [-0.05, 0) is 36.1 Å². The zero-order chi connectivity index (χ0) is 18.0. The second-order valence-corrected chi connectivity index (χ2v) is 7.69. The minimum atomic E-state index is -0.252. The number of ether oxygens (including phenoxy) is 1. The van der Waals surface area contributed by atoms with Gasteiger partial charge in [-0.2, -0.15) is 5.26 Å². The number of benzene rings is 2. The Hall–Kier alpha value is -2.15. The number of hydrogen-bond donors (Lipinski definition) is 0. The minimum Gasteiger partial charge on any atom is -0.373 e. The standard InChI is InChI=1S/C23H26N2O/c1-26-23(20-10-5-9-19(13-20)14-24)21-11-6-12-22(23)17-25(16-21)15-18-7-3-2-4-8-18/h2-5,7-10,13,21-22H,6,11-12,15-17H2,1H3. The Morgan fingerprint density at radius 3 is 2.46 bits per heavy atom. The maximum Gasteiger partial charge on any atom is 0.101 e. The second-order valence-electron chi connectivity index (χ2n) is 7.69. The van der Waals surface area contributed by atoms with Crippen LogP contribution in [0.2, 0.25) is 0 Å². The number of rotatable bonds is 4. The predicted octanol–water partition coefficient (Wildman–Crippen LogP) is 4.33. The Kier molecular flexibility index (Phi) is 4.80. The summed E-state index contributed by atoms with van der Waals surface area (Å²) in [7, 11) is 1.86. The van der Waals surface area contributed by atoms with Crippen molar-refractivity contribution in [2.24, 2.45) is 11.8 Å². The van der Waals surface area contributed by atoms with Crippen LogP contribution in [0.5, 0.6) is 0 Å². The van der Waals surface area contributed by atoms with Crippen molar-refractivity contribution in [3.8, 4) is 6.07 Å². The van der Waals surface area contributed by atoms with E-state index in [-0.39, 0.29) is 5.60 Å². The summed E-state index contributed by atoms with van der Waals surface area (Å²) in [6.45, 7) is 3.11. The van der Waals surface area contributed by atoms with Crippen molar-refractivity contribution >= 4 is 0 Å². The molecule has 1 saturated carbocycles. The fraction of sp³-hybridized carbons (Fsp3) is 0.435. The number of piperidine rings is 1. The lowest BCUT2D eigenvalue weighted by Gasteiger charge is -2.55. The quantitative estimate of drug-likeness (QED) is 0.826. The van der Waals surface area contributed by atoms with E-state index in [4.69, 9.17) is 4.74 Å². The normalized spacial score (nSPS) is 28.5. The molecule has 0 aromatic heterocycles. The monoisotopic (exact) mass is 346 g/mol. The molecule has 1 aliphatic heterocycles. The smallest absolute Gasteiger partial charge is 0.101 e. The fourth-order valence-corrected chi connectivity index (χ4v) is 5.25. The zero-order valence-corrected chi connectivity index (χ0v) is 15.4. The van der Waals surface area contributed by atoms with Crippen molar-refractivity contribution in [2.75, 3.05) is 20.2 Å². The molecule has 0 amide bonds. The summed E-state index contributed by atoms with van der Waals surface area (Å²) in [6, 6.07) is 21.1. The molecular weight excluding hydrogens is 320 g/mol. The topological polar surface area (TPSA) is 36.3 Å². The number of likely N-dealkylation sites (tertiary alicyclic amines) is 1. The summed E-state index contributed by atoms with van der Waals surface area (Å²) in [5.41, 5.74) is 3.04. The first kappa shape index (κ1) is 17.3. The van der Waals surface area contributed by atoms with E-state index in [0.29, 0.717) is 11.8 Å². The van der Waals surface area contributed by atoms with Gasteiger partial charge in [0.05, 0.1) is 11.6 Å². The third-order valence-electron chi connectivity index (χ3n) is 6.30. The summed E-state index contributed by atoms with van der Waals surface area (Å²) in [6.07, 6.45) is 3.65. The summed E-state index contributed by atoms with van der Waals surface area (Å²) in [4.78, 5) is 2.59. The number of fused-ring (bicyclic) bond motifs is 2. The van der Waals surface area contributed by atoms with Gasteiger partial charge in [-0.15, -0.1) is 0 Å². The van der Waals surface area contributed by atoms with E-state index in [0.717, 1.165) is 25.2 Å². The fourth-order valence-electron chi connectivity index (χ4n) is 5.25. The Labute approximate surface area is 156 Å². The molecule has 2 aliphatic rings. The highest BCUT2D eigenvalue weighted by Crippen LogP contribution is 2.51. The molecule has 26 heavy (non-hydrogen) atoms. The molecule has 3 heteroatoms. The Balaban J connectivity index is 1.64. The van der Waals surface area contributed by atoms with Gasteiger partial charge >= 0.3 is 0 Å². The molecule has 4 rings (SSSR count). The van der Waals surface area contributed by atoms with Gasteiger partial charge in [0.1, 0.15) is 5.60 Å². The van der Waals surface area contributed by atoms with Crippen LogP contribution in [0, 0.1) is 23.2 Å². The summed E-state index contributed by atoms with van der Waals surface area (Å²) in [5, 5.41) is 9.33. The van der Waals surface area contributed by atoms with Crippen LogP contribution in [0.4, 0.5) is 0 Å². The van der Waals surface area contributed by atoms with Gasteiger partial charge in [-0.1, -0.05) is 48.9 Å². The van der Waals surface area contributed by atoms with Crippen LogP contribution in [0.15, 0.2) is 54.6 Å². The molecule has 2 aromatic carbocycles. The van der Waals surface area contributed by atoms with Gasteiger partial charge < -0.3 is 4.74 Å². The van der Waals surface area contributed by atoms with Gasteiger partial charge in [0.25, 0.3) is 0 Å². The van der Waals surface area contributed by atoms with E-state index >= 15 is 0 Å². The molecule has 1 saturated heterocycles. The van der Waals surface area contributed by atoms with Crippen molar-refractivity contribution in [3.05, 3.63) is 71.3 Å². The van der Waals surface area contributed by atoms with Crippen LogP contribution < -0.4 is 0 Å². The van der Waals surface area contributed by atoms with Crippen molar-refractivity contribution in [1.29, 1.82) is 5.26 Å². The Morgan fingerprint density at radius 1 is 1.08 bits per heavy atom. The lowest BCUT2D eigenvalue weighted by atomic mass is 9.62. The van der Waals surface area contributed by atoms with Crippen molar-refractivity contribution in [2.45, 2.75) is 31.4 Å². The van der Waals surface area contributed by atoms with Crippen LogP contribution in [0.3, 0.4) is 0 Å². The first-order valence-corrected chi connectivity index (χ1v) is 9.58. The molecule has 2 aromatic rings. The highest BCUT2D eigenvalue weighted by atomic mass is 16.5. The molecule has 2 unspecified atom stereocenters. The van der Waals surface area contributed by atoms with Crippen molar-refractivity contribution < 1.29 is 4.74 Å². The number of nitrogens with zero attached hydrogens (tertiary/aromatic N) is 2. The number of nitriles is 1. The second kappa shape index (κ2) is 7.23. The first-order valence-electron chi connectivity index (χ1n) is 9.58. The lowest BCUT2D eigenvalue weighted by Crippen LogP contribution is -2.58. The van der Waals surface area contributed by atoms with Crippen LogP contribution >= 0.6 is 0 Å². The van der Waals surface area contributed by atoms with E-state index in [1.54, 1.807) is 0 Å². The molecule has 3 nitrogen and oxygen atoms in total. The lowest BCUT2D eigenvalue weighted by molar-refractivity contribution is -0.170. The largest absolute Gasteiger partial charge is 0.373 e. The SMILES string of the molecule is COC1(c2cccc(C#N)c2)C2CCCC1CN(Cc1ccccc1)C2. The third kappa shape index (κ3) is 2.94.